The van der Waals surface area contributed by atoms with E-state index in [1.807, 2.05) is 13.1 Å². The van der Waals surface area contributed by atoms with E-state index in [1.165, 1.54) is 0 Å². The number of carbonyl (C=O) groups excluding carboxylic acids is 1. The third-order valence-corrected chi connectivity index (χ3v) is 2.57. The van der Waals surface area contributed by atoms with Gasteiger partial charge in [-0.3, -0.25) is 4.79 Å². The minimum absolute atomic E-state index is 0.503. The molecule has 0 spiro atoms. The summed E-state index contributed by atoms with van der Waals surface area (Å²) in [5, 5.41) is 3.09. The summed E-state index contributed by atoms with van der Waals surface area (Å²) in [6.07, 6.45) is 1.66. The number of aldehydes is 1. The molecule has 1 aliphatic rings. The molecular weight excluding hydrogens is 206 g/mol. The number of rotatable bonds is 4. The van der Waals surface area contributed by atoms with E-state index in [2.05, 4.69) is 5.32 Å². The van der Waals surface area contributed by atoms with E-state index >= 15 is 0 Å². The Morgan fingerprint density at radius 2 is 2.06 bits per heavy atom. The first kappa shape index (κ1) is 11.0. The highest BCUT2D eigenvalue weighted by Gasteiger charge is 2.19. The summed E-state index contributed by atoms with van der Waals surface area (Å²) in [6.45, 7) is 1.92. The van der Waals surface area contributed by atoms with Crippen molar-refractivity contribution in [1.29, 1.82) is 0 Å². The summed E-state index contributed by atoms with van der Waals surface area (Å²) in [7, 11) is 1.91. The van der Waals surface area contributed by atoms with E-state index in [-0.39, 0.29) is 0 Å². The lowest BCUT2D eigenvalue weighted by atomic mass is 10.1. The van der Waals surface area contributed by atoms with Gasteiger partial charge in [0.05, 0.1) is 5.56 Å². The Morgan fingerprint density at radius 1 is 1.31 bits per heavy atom. The van der Waals surface area contributed by atoms with Crippen LogP contribution in [0.4, 0.5) is 0 Å². The van der Waals surface area contributed by atoms with Crippen LogP contribution in [0.15, 0.2) is 12.1 Å². The molecule has 0 unspecified atom stereocenters. The van der Waals surface area contributed by atoms with Crippen LogP contribution < -0.4 is 14.8 Å². The quantitative estimate of drug-likeness (QED) is 0.771. The second-order valence-corrected chi connectivity index (χ2v) is 3.64. The van der Waals surface area contributed by atoms with Crippen molar-refractivity contribution < 1.29 is 14.3 Å². The second-order valence-electron chi connectivity index (χ2n) is 3.64. The number of carbonyl (C=O) groups is 1. The molecule has 0 saturated heterocycles. The number of hydrogen-bond donors (Lipinski definition) is 1. The van der Waals surface area contributed by atoms with E-state index < -0.39 is 0 Å². The topological polar surface area (TPSA) is 47.6 Å². The Kier molecular flexibility index (Phi) is 3.41. The van der Waals surface area contributed by atoms with Gasteiger partial charge in [0, 0.05) is 0 Å². The number of fused-ring (bicyclic) bond motifs is 1. The third-order valence-electron chi connectivity index (χ3n) is 2.57. The maximum absolute atomic E-state index is 10.9. The summed E-state index contributed by atoms with van der Waals surface area (Å²) in [5.74, 6) is 1.32. The molecule has 2 rings (SSSR count). The van der Waals surface area contributed by atoms with Crippen molar-refractivity contribution in [3.63, 3.8) is 0 Å². The molecule has 0 saturated carbocycles. The average Bonchev–Trinajstić information content (AvgIpc) is 2.36. The van der Waals surface area contributed by atoms with Gasteiger partial charge in [-0.1, -0.05) is 6.07 Å². The SMILES string of the molecule is CNCCc1ccc(C=O)c2c1OCCO2. The molecule has 0 fully saturated rings. The van der Waals surface area contributed by atoms with Gasteiger partial charge in [-0.15, -0.1) is 0 Å². The Balaban J connectivity index is 2.36. The van der Waals surface area contributed by atoms with E-state index in [4.69, 9.17) is 9.47 Å². The second kappa shape index (κ2) is 4.99. The zero-order valence-corrected chi connectivity index (χ0v) is 9.29. The molecule has 0 amide bonds. The van der Waals surface area contributed by atoms with Crippen LogP contribution in [0.1, 0.15) is 15.9 Å². The van der Waals surface area contributed by atoms with E-state index in [0.29, 0.717) is 24.5 Å². The maximum Gasteiger partial charge on any atom is 0.172 e. The summed E-state index contributed by atoms with van der Waals surface area (Å²) in [5.41, 5.74) is 1.64. The van der Waals surface area contributed by atoms with Crippen molar-refractivity contribution in [1.82, 2.24) is 5.32 Å². The molecule has 86 valence electrons. The summed E-state index contributed by atoms with van der Waals surface area (Å²) < 4.78 is 11.1. The van der Waals surface area contributed by atoms with E-state index in [1.54, 1.807) is 6.07 Å². The molecule has 1 aliphatic heterocycles. The van der Waals surface area contributed by atoms with Crippen LogP contribution in [0.3, 0.4) is 0 Å². The number of likely N-dealkylation sites (N-methyl/N-ethyl adjacent to an activating group) is 1. The fourth-order valence-electron chi connectivity index (χ4n) is 1.76. The molecule has 1 aromatic carbocycles. The first-order valence-electron chi connectivity index (χ1n) is 5.38. The van der Waals surface area contributed by atoms with Crippen LogP contribution in [0.2, 0.25) is 0 Å². The van der Waals surface area contributed by atoms with Crippen molar-refractivity contribution in [2.75, 3.05) is 26.8 Å². The highest BCUT2D eigenvalue weighted by atomic mass is 16.6. The Morgan fingerprint density at radius 3 is 2.75 bits per heavy atom. The monoisotopic (exact) mass is 221 g/mol. The molecule has 0 bridgehead atoms. The van der Waals surface area contributed by atoms with E-state index in [0.717, 1.165) is 30.6 Å². The maximum atomic E-state index is 10.9. The first-order chi connectivity index (χ1) is 7.86. The number of hydrogen-bond acceptors (Lipinski definition) is 4. The van der Waals surface area contributed by atoms with Gasteiger partial charge >= 0.3 is 0 Å². The fraction of sp³-hybridized carbons (Fsp3) is 0.417. The van der Waals surface area contributed by atoms with Crippen LogP contribution in [-0.2, 0) is 6.42 Å². The summed E-state index contributed by atoms with van der Waals surface area (Å²) in [4.78, 5) is 10.9. The zero-order valence-electron chi connectivity index (χ0n) is 9.29. The Hall–Kier alpha value is -1.55. The minimum atomic E-state index is 0.503. The van der Waals surface area contributed by atoms with Gasteiger partial charge < -0.3 is 14.8 Å². The van der Waals surface area contributed by atoms with Crippen LogP contribution in [0, 0.1) is 0 Å². The number of ether oxygens (including phenoxy) is 2. The van der Waals surface area contributed by atoms with Crippen molar-refractivity contribution in [2.24, 2.45) is 0 Å². The average molecular weight is 221 g/mol. The lowest BCUT2D eigenvalue weighted by molar-refractivity contribution is 0.111. The van der Waals surface area contributed by atoms with Crippen LogP contribution in [0.25, 0.3) is 0 Å². The molecule has 4 nitrogen and oxygen atoms in total. The predicted octanol–water partition coefficient (Wildman–Crippen LogP) is 1.03. The molecular formula is C12H15NO3. The standard InChI is InChI=1S/C12H15NO3/c1-13-5-4-9-2-3-10(8-14)12-11(9)15-6-7-16-12/h2-3,8,13H,4-7H2,1H3. The molecule has 1 N–H and O–H groups in total. The van der Waals surface area contributed by atoms with Crippen molar-refractivity contribution >= 4 is 6.29 Å². The fourth-order valence-corrected chi connectivity index (χ4v) is 1.76. The van der Waals surface area contributed by atoms with Gasteiger partial charge in [-0.2, -0.15) is 0 Å². The van der Waals surface area contributed by atoms with Crippen molar-refractivity contribution in [3.8, 4) is 11.5 Å². The molecule has 4 heteroatoms. The minimum Gasteiger partial charge on any atom is -0.486 e. The third kappa shape index (κ3) is 2.02. The molecule has 1 aromatic rings. The van der Waals surface area contributed by atoms with Crippen LogP contribution in [0.5, 0.6) is 11.5 Å². The van der Waals surface area contributed by atoms with Crippen LogP contribution in [-0.4, -0.2) is 33.1 Å². The number of nitrogens with one attached hydrogen (secondary N) is 1. The Bertz CT molecular complexity index is 390. The van der Waals surface area contributed by atoms with Crippen molar-refractivity contribution in [3.05, 3.63) is 23.3 Å². The first-order valence-corrected chi connectivity index (χ1v) is 5.38. The summed E-state index contributed by atoms with van der Waals surface area (Å²) >= 11 is 0. The van der Waals surface area contributed by atoms with Gasteiger partial charge in [-0.25, -0.2) is 0 Å². The van der Waals surface area contributed by atoms with Crippen LogP contribution >= 0.6 is 0 Å². The molecule has 0 atom stereocenters. The smallest absolute Gasteiger partial charge is 0.172 e. The lowest BCUT2D eigenvalue weighted by Crippen LogP contribution is -2.19. The molecule has 0 aromatic heterocycles. The predicted molar refractivity (Wildman–Crippen MR) is 60.5 cm³/mol. The number of benzene rings is 1. The highest BCUT2D eigenvalue weighted by Crippen LogP contribution is 2.36. The molecule has 16 heavy (non-hydrogen) atoms. The lowest BCUT2D eigenvalue weighted by Gasteiger charge is -2.22. The molecule has 0 radical (unpaired) electrons. The Labute approximate surface area is 94.6 Å². The van der Waals surface area contributed by atoms with Crippen molar-refractivity contribution in [2.45, 2.75) is 6.42 Å². The van der Waals surface area contributed by atoms with Gasteiger partial charge in [0.15, 0.2) is 17.8 Å². The normalized spacial score (nSPS) is 13.6. The van der Waals surface area contributed by atoms with Gasteiger partial charge in [0.1, 0.15) is 13.2 Å². The zero-order chi connectivity index (χ0) is 11.4. The van der Waals surface area contributed by atoms with Gasteiger partial charge in [-0.05, 0) is 31.6 Å². The molecule has 0 aliphatic carbocycles. The van der Waals surface area contributed by atoms with E-state index in [9.17, 15) is 4.79 Å². The van der Waals surface area contributed by atoms with Gasteiger partial charge in [0.25, 0.3) is 0 Å². The van der Waals surface area contributed by atoms with Gasteiger partial charge in [0.2, 0.25) is 0 Å². The molecule has 1 heterocycles. The summed E-state index contributed by atoms with van der Waals surface area (Å²) in [6, 6.07) is 3.71. The largest absolute Gasteiger partial charge is 0.486 e. The highest BCUT2D eigenvalue weighted by molar-refractivity contribution is 5.82.